The maximum Gasteiger partial charge on any atom is 0.349 e. The molecule has 2 heterocycles. The Kier molecular flexibility index (Phi) is 8.50. The highest BCUT2D eigenvalue weighted by Crippen LogP contribution is 2.41. The Bertz CT molecular complexity index is 1500. The summed E-state index contributed by atoms with van der Waals surface area (Å²) >= 11 is 0. The molecule has 0 bridgehead atoms. The van der Waals surface area contributed by atoms with Gasteiger partial charge in [0.15, 0.2) is 0 Å². The molecule has 0 aromatic heterocycles. The van der Waals surface area contributed by atoms with Crippen LogP contribution in [0.5, 0.6) is 0 Å². The van der Waals surface area contributed by atoms with Gasteiger partial charge in [0.2, 0.25) is 0 Å². The van der Waals surface area contributed by atoms with Gasteiger partial charge in [-0.15, -0.1) is 0 Å². The first kappa shape index (κ1) is 29.0. The van der Waals surface area contributed by atoms with Gasteiger partial charge in [-0.2, -0.15) is 5.10 Å². The number of rotatable bonds is 8. The second kappa shape index (κ2) is 12.6. The highest BCUT2D eigenvalue weighted by Gasteiger charge is 2.36. The Balaban J connectivity index is 1.45. The zero-order valence-corrected chi connectivity index (χ0v) is 26.0. The van der Waals surface area contributed by atoms with E-state index in [2.05, 4.69) is 110 Å². The lowest BCUT2D eigenvalue weighted by Crippen LogP contribution is -2.41. The zero-order valence-electron chi connectivity index (χ0n) is 26.0. The van der Waals surface area contributed by atoms with Crippen molar-refractivity contribution in [3.05, 3.63) is 89.0 Å². The van der Waals surface area contributed by atoms with Crippen LogP contribution in [0.15, 0.2) is 76.8 Å². The molecular formula is C36H44N6O. The monoisotopic (exact) mass is 576 g/mol. The fraction of sp³-hybridized carbons (Fsp3) is 0.417. The summed E-state index contributed by atoms with van der Waals surface area (Å²) in [6, 6.07) is 23.3. The van der Waals surface area contributed by atoms with E-state index >= 15 is 0 Å². The van der Waals surface area contributed by atoms with Gasteiger partial charge in [0.05, 0.1) is 29.7 Å². The summed E-state index contributed by atoms with van der Waals surface area (Å²) in [5.41, 5.74) is 8.63. The summed E-state index contributed by atoms with van der Waals surface area (Å²) in [4.78, 5) is 23.2. The van der Waals surface area contributed by atoms with E-state index in [4.69, 9.17) is 5.10 Å². The average molecular weight is 577 g/mol. The zero-order chi connectivity index (χ0) is 29.9. The van der Waals surface area contributed by atoms with E-state index in [-0.39, 0.29) is 12.1 Å². The van der Waals surface area contributed by atoms with Gasteiger partial charge in [0, 0.05) is 43.7 Å². The van der Waals surface area contributed by atoms with Crippen LogP contribution in [0.3, 0.4) is 0 Å². The Morgan fingerprint density at radius 3 is 2.40 bits per heavy atom. The number of urea groups is 1. The predicted octanol–water partition coefficient (Wildman–Crippen LogP) is 7.44. The summed E-state index contributed by atoms with van der Waals surface area (Å²) in [6.45, 7) is 8.80. The number of fused-ring (bicyclic) bond motifs is 1. The van der Waals surface area contributed by atoms with Crippen molar-refractivity contribution in [3.63, 3.8) is 0 Å². The molecule has 0 saturated heterocycles. The molecule has 3 aromatic carbocycles. The van der Waals surface area contributed by atoms with E-state index in [0.29, 0.717) is 5.92 Å². The highest BCUT2D eigenvalue weighted by molar-refractivity contribution is 6.14. The van der Waals surface area contributed by atoms with Gasteiger partial charge in [-0.3, -0.25) is 9.89 Å². The van der Waals surface area contributed by atoms with Gasteiger partial charge < -0.3 is 10.2 Å². The minimum absolute atomic E-state index is 0.0741. The first-order chi connectivity index (χ1) is 20.9. The summed E-state index contributed by atoms with van der Waals surface area (Å²) in [6.07, 6.45) is 6.65. The molecule has 2 aliphatic heterocycles. The molecule has 1 aliphatic carbocycles. The number of aliphatic imine (C=N–C) groups is 1. The summed E-state index contributed by atoms with van der Waals surface area (Å²) < 4.78 is 0. The van der Waals surface area contributed by atoms with Gasteiger partial charge in [-0.05, 0) is 74.6 Å². The molecule has 1 saturated carbocycles. The Morgan fingerprint density at radius 2 is 1.72 bits per heavy atom. The maximum absolute atomic E-state index is 14.4. The lowest BCUT2D eigenvalue weighted by atomic mass is 9.82. The van der Waals surface area contributed by atoms with Crippen LogP contribution in [0, 0.1) is 12.8 Å². The van der Waals surface area contributed by atoms with Crippen LogP contribution >= 0.6 is 0 Å². The lowest BCUT2D eigenvalue weighted by Gasteiger charge is -2.30. The molecule has 224 valence electrons. The first-order valence-corrected chi connectivity index (χ1v) is 15.9. The van der Waals surface area contributed by atoms with E-state index in [0.717, 1.165) is 78.6 Å². The third-order valence-electron chi connectivity index (χ3n) is 8.90. The Hall–Kier alpha value is -4.13. The largest absolute Gasteiger partial charge is 0.372 e. The van der Waals surface area contributed by atoms with Gasteiger partial charge in [-0.1, -0.05) is 61.7 Å². The Morgan fingerprint density at radius 1 is 0.977 bits per heavy atom. The van der Waals surface area contributed by atoms with Gasteiger partial charge in [0.25, 0.3) is 0 Å². The summed E-state index contributed by atoms with van der Waals surface area (Å²) in [5, 5.41) is 10.3. The molecule has 1 fully saturated rings. The van der Waals surface area contributed by atoms with Crippen molar-refractivity contribution in [1.29, 1.82) is 0 Å². The van der Waals surface area contributed by atoms with E-state index in [1.54, 1.807) is 5.01 Å². The average Bonchev–Trinajstić information content (AvgIpc) is 3.48. The maximum atomic E-state index is 14.4. The Labute approximate surface area is 256 Å². The van der Waals surface area contributed by atoms with Crippen LogP contribution in [0.1, 0.15) is 68.2 Å². The van der Waals surface area contributed by atoms with E-state index < -0.39 is 0 Å². The van der Waals surface area contributed by atoms with Crippen LogP contribution in [-0.2, 0) is 13.0 Å². The van der Waals surface area contributed by atoms with Crippen molar-refractivity contribution < 1.29 is 4.79 Å². The van der Waals surface area contributed by atoms with Gasteiger partial charge >= 0.3 is 6.03 Å². The molecule has 0 radical (unpaired) electrons. The molecule has 1 N–H and O–H groups in total. The highest BCUT2D eigenvalue weighted by atomic mass is 16.2. The third-order valence-corrected chi connectivity index (χ3v) is 8.90. The molecular weight excluding hydrogens is 532 g/mol. The number of nitrogens with one attached hydrogen (secondary N) is 1. The first-order valence-electron chi connectivity index (χ1n) is 15.9. The fourth-order valence-corrected chi connectivity index (χ4v) is 6.63. The van der Waals surface area contributed by atoms with Crippen LogP contribution in [0.4, 0.5) is 21.9 Å². The van der Waals surface area contributed by atoms with Crippen LogP contribution in [-0.4, -0.2) is 48.8 Å². The molecule has 6 rings (SSSR count). The number of amidine groups is 1. The van der Waals surface area contributed by atoms with Gasteiger partial charge in [0.1, 0.15) is 5.84 Å². The number of carbonyl (C=O) groups excluding carboxylic acids is 1. The number of hydrogen-bond acceptors (Lipinski definition) is 5. The van der Waals surface area contributed by atoms with Crippen LogP contribution in [0.25, 0.3) is 0 Å². The summed E-state index contributed by atoms with van der Waals surface area (Å²) in [5.74, 6) is 1.36. The number of amides is 2. The number of anilines is 3. The quantitative estimate of drug-likeness (QED) is 0.303. The molecule has 43 heavy (non-hydrogen) atoms. The van der Waals surface area contributed by atoms with Crippen molar-refractivity contribution >= 4 is 34.6 Å². The van der Waals surface area contributed by atoms with Crippen molar-refractivity contribution in [2.45, 2.75) is 71.9 Å². The summed E-state index contributed by atoms with van der Waals surface area (Å²) in [7, 11) is 2.15. The molecule has 0 atom stereocenters. The topological polar surface area (TPSA) is 63.5 Å². The molecule has 3 aliphatic rings. The second-order valence-electron chi connectivity index (χ2n) is 12.5. The fourth-order valence-electron chi connectivity index (χ4n) is 6.63. The molecule has 2 amide bonds. The minimum atomic E-state index is -0.110. The molecule has 0 spiro atoms. The standard InChI is InChI=1S/C36H44N6O/c1-25(2)42-36(43)41(30-17-15-27(16-18-30)22-34-37-19-20-38-34)33-21-26(3)32(40(4)24-28-11-7-5-8-12-28)23-31(33)35(39-42)29-13-9-6-10-14-29/h5,7-8,11-12,15-18,21,23,25,29H,6,9-10,13-14,19-20,22,24H2,1-4H3,(H,37,38). The number of nitrogens with zero attached hydrogens (tertiary/aromatic N) is 5. The van der Waals surface area contributed by atoms with Crippen molar-refractivity contribution in [2.75, 3.05) is 29.9 Å². The van der Waals surface area contributed by atoms with Crippen molar-refractivity contribution in [1.82, 2.24) is 10.3 Å². The number of benzene rings is 3. The number of carbonyl (C=O) groups is 1. The second-order valence-corrected chi connectivity index (χ2v) is 12.5. The SMILES string of the molecule is Cc1cc2c(cc1N(C)Cc1ccccc1)C(C1CCCCC1)=NN(C(C)C)C(=O)N2c1ccc(CC2=NCCN2)cc1. The smallest absolute Gasteiger partial charge is 0.349 e. The predicted molar refractivity (Wildman–Crippen MR) is 178 cm³/mol. The van der Waals surface area contributed by atoms with Gasteiger partial charge in [-0.25, -0.2) is 9.80 Å². The number of aryl methyl sites for hydroxylation is 1. The molecule has 0 unspecified atom stereocenters. The van der Waals surface area contributed by atoms with Crippen molar-refractivity contribution in [2.24, 2.45) is 16.0 Å². The van der Waals surface area contributed by atoms with E-state index in [9.17, 15) is 4.79 Å². The van der Waals surface area contributed by atoms with E-state index in [1.807, 2.05) is 4.90 Å². The third kappa shape index (κ3) is 6.17. The number of hydrazone groups is 1. The number of hydrogen-bond donors (Lipinski definition) is 1. The van der Waals surface area contributed by atoms with Crippen LogP contribution in [0.2, 0.25) is 0 Å². The minimum Gasteiger partial charge on any atom is -0.372 e. The molecule has 3 aromatic rings. The normalized spacial score (nSPS) is 17.4. The lowest BCUT2D eigenvalue weighted by molar-refractivity contribution is 0.195. The molecule has 7 nitrogen and oxygen atoms in total. The molecule has 7 heteroatoms. The van der Waals surface area contributed by atoms with Crippen molar-refractivity contribution in [3.8, 4) is 0 Å². The van der Waals surface area contributed by atoms with Crippen LogP contribution < -0.4 is 15.1 Å². The van der Waals surface area contributed by atoms with E-state index in [1.165, 1.54) is 30.4 Å².